The highest BCUT2D eigenvalue weighted by Crippen LogP contribution is 2.29. The summed E-state index contributed by atoms with van der Waals surface area (Å²) in [5.41, 5.74) is 1.19. The molecule has 1 aliphatic heterocycles. The normalized spacial score (nSPS) is 14.9. The lowest BCUT2D eigenvalue weighted by Crippen LogP contribution is -2.34. The first-order valence-electron chi connectivity index (χ1n) is 9.26. The highest BCUT2D eigenvalue weighted by atomic mass is 16.5. The third-order valence-corrected chi connectivity index (χ3v) is 4.76. The summed E-state index contributed by atoms with van der Waals surface area (Å²) in [6.45, 7) is 1.82. The molecule has 152 valence electrons. The van der Waals surface area contributed by atoms with E-state index in [4.69, 9.17) is 4.74 Å². The van der Waals surface area contributed by atoms with Gasteiger partial charge >= 0.3 is 0 Å². The van der Waals surface area contributed by atoms with E-state index in [1.165, 1.54) is 20.2 Å². The molecule has 0 N–H and O–H groups in total. The number of anilines is 1. The van der Waals surface area contributed by atoms with Gasteiger partial charge in [-0.3, -0.25) is 19.0 Å². The molecule has 30 heavy (non-hydrogen) atoms. The molecule has 0 spiro atoms. The number of nitrogens with zero attached hydrogens (tertiary/aromatic N) is 5. The molecule has 0 saturated carbocycles. The van der Waals surface area contributed by atoms with Gasteiger partial charge in [0, 0.05) is 25.0 Å². The summed E-state index contributed by atoms with van der Waals surface area (Å²) in [7, 11) is 1.60. The van der Waals surface area contributed by atoms with Crippen molar-refractivity contribution < 1.29 is 14.3 Å². The van der Waals surface area contributed by atoms with E-state index in [2.05, 4.69) is 10.1 Å². The van der Waals surface area contributed by atoms with Crippen LogP contribution in [-0.2, 0) is 11.5 Å². The molecule has 0 bridgehead atoms. The van der Waals surface area contributed by atoms with Gasteiger partial charge in [0.05, 0.1) is 5.69 Å². The zero-order valence-electron chi connectivity index (χ0n) is 16.5. The molecule has 9 heteroatoms. The quantitative estimate of drug-likeness (QED) is 0.658. The Morgan fingerprint density at radius 3 is 2.73 bits per heavy atom. The number of benzene rings is 1. The molecule has 1 aromatic carbocycles. The maximum atomic E-state index is 12.7. The fraction of sp³-hybridized carbons (Fsp3) is 0.190. The standard InChI is InChI=1S/C21H19N5O4/c1-14-11-15(23-26(14)13-25-10-6-5-9-19(25)27)20(28)22-16-12-30-18-8-4-3-7-17(18)24(2)21(16)29/h3-11H,12-13H2,1-2H3. The van der Waals surface area contributed by atoms with Gasteiger partial charge in [-0.05, 0) is 31.2 Å². The van der Waals surface area contributed by atoms with E-state index in [1.807, 2.05) is 0 Å². The fourth-order valence-electron chi connectivity index (χ4n) is 3.11. The number of carbonyl (C=O) groups excluding carboxylic acids is 2. The number of aromatic nitrogens is 3. The minimum Gasteiger partial charge on any atom is -0.485 e. The van der Waals surface area contributed by atoms with Gasteiger partial charge in [0.25, 0.3) is 17.4 Å². The van der Waals surface area contributed by atoms with Crippen molar-refractivity contribution in [3.63, 3.8) is 0 Å². The van der Waals surface area contributed by atoms with Crippen LogP contribution in [0.3, 0.4) is 0 Å². The van der Waals surface area contributed by atoms with E-state index in [1.54, 1.807) is 62.6 Å². The Morgan fingerprint density at radius 2 is 1.93 bits per heavy atom. The molecule has 0 unspecified atom stereocenters. The van der Waals surface area contributed by atoms with Crippen LogP contribution in [0.15, 0.2) is 64.5 Å². The monoisotopic (exact) mass is 405 g/mol. The summed E-state index contributed by atoms with van der Waals surface area (Å²) in [6.07, 6.45) is 1.64. The van der Waals surface area contributed by atoms with Crippen molar-refractivity contribution in [2.45, 2.75) is 13.6 Å². The molecular weight excluding hydrogens is 386 g/mol. The second-order valence-corrected chi connectivity index (χ2v) is 6.80. The molecule has 0 aliphatic carbocycles. The van der Waals surface area contributed by atoms with Crippen LogP contribution < -0.4 is 15.2 Å². The van der Waals surface area contributed by atoms with Crippen LogP contribution in [0.1, 0.15) is 16.2 Å². The Morgan fingerprint density at radius 1 is 1.17 bits per heavy atom. The fourth-order valence-corrected chi connectivity index (χ4v) is 3.11. The molecule has 3 aromatic rings. The number of aryl methyl sites for hydroxylation is 1. The number of para-hydroxylation sites is 2. The smallest absolute Gasteiger partial charge is 0.298 e. The number of hydrogen-bond acceptors (Lipinski definition) is 5. The molecule has 0 saturated heterocycles. The van der Waals surface area contributed by atoms with Gasteiger partial charge in [-0.25, -0.2) is 9.67 Å². The Kier molecular flexibility index (Phi) is 5.01. The maximum Gasteiger partial charge on any atom is 0.298 e. The predicted octanol–water partition coefficient (Wildman–Crippen LogP) is 1.50. The molecular formula is C21H19N5O4. The highest BCUT2D eigenvalue weighted by Gasteiger charge is 2.26. The van der Waals surface area contributed by atoms with Crippen molar-refractivity contribution >= 4 is 23.2 Å². The maximum absolute atomic E-state index is 12.7. The van der Waals surface area contributed by atoms with E-state index in [-0.39, 0.29) is 30.2 Å². The van der Waals surface area contributed by atoms with Gasteiger partial charge < -0.3 is 9.64 Å². The number of hydrogen-bond donors (Lipinski definition) is 0. The lowest BCUT2D eigenvalue weighted by Gasteiger charge is -2.15. The van der Waals surface area contributed by atoms with E-state index in [0.29, 0.717) is 17.1 Å². The predicted molar refractivity (Wildman–Crippen MR) is 110 cm³/mol. The third kappa shape index (κ3) is 3.64. The van der Waals surface area contributed by atoms with E-state index < -0.39 is 11.8 Å². The Labute approximate surface area is 171 Å². The van der Waals surface area contributed by atoms with Crippen LogP contribution in [0.4, 0.5) is 5.69 Å². The summed E-state index contributed by atoms with van der Waals surface area (Å²) in [6, 6.07) is 13.5. The molecule has 0 fully saturated rings. The van der Waals surface area contributed by atoms with Crippen LogP contribution in [0.5, 0.6) is 5.75 Å². The molecule has 2 amide bonds. The molecule has 1 aliphatic rings. The van der Waals surface area contributed by atoms with Crippen LogP contribution in [-0.4, -0.2) is 45.5 Å². The zero-order chi connectivity index (χ0) is 21.3. The Bertz CT molecular complexity index is 1220. The second-order valence-electron chi connectivity index (χ2n) is 6.80. The number of carbonyl (C=O) groups is 2. The number of fused-ring (bicyclic) bond motifs is 1. The first-order valence-corrected chi connectivity index (χ1v) is 9.26. The van der Waals surface area contributed by atoms with Crippen molar-refractivity contribution in [1.82, 2.24) is 14.3 Å². The number of pyridine rings is 1. The SMILES string of the molecule is Cc1cc(C(=O)N=C2COc3ccccc3N(C)C2=O)nn1Cn1ccccc1=O. The Balaban J connectivity index is 1.58. The summed E-state index contributed by atoms with van der Waals surface area (Å²) < 4.78 is 8.65. The average molecular weight is 405 g/mol. The third-order valence-electron chi connectivity index (χ3n) is 4.76. The molecule has 0 atom stereocenters. The van der Waals surface area contributed by atoms with Gasteiger partial charge in [0.1, 0.15) is 24.7 Å². The zero-order valence-corrected chi connectivity index (χ0v) is 16.5. The summed E-state index contributed by atoms with van der Waals surface area (Å²) in [5, 5.41) is 4.25. The number of amides is 2. The number of ether oxygens (including phenoxy) is 1. The average Bonchev–Trinajstić information content (AvgIpc) is 3.07. The molecule has 2 aromatic heterocycles. The molecule has 9 nitrogen and oxygen atoms in total. The first kappa shape index (κ1) is 19.3. The van der Waals surface area contributed by atoms with Crippen molar-refractivity contribution in [2.24, 2.45) is 4.99 Å². The lowest BCUT2D eigenvalue weighted by molar-refractivity contribution is -0.112. The van der Waals surface area contributed by atoms with Crippen LogP contribution >= 0.6 is 0 Å². The van der Waals surface area contributed by atoms with Gasteiger partial charge in [0.15, 0.2) is 5.69 Å². The number of aliphatic imine (C=N–C) groups is 1. The summed E-state index contributed by atoms with van der Waals surface area (Å²) >= 11 is 0. The minimum absolute atomic E-state index is 0.00909. The molecule has 4 rings (SSSR count). The lowest BCUT2D eigenvalue weighted by atomic mass is 10.2. The van der Waals surface area contributed by atoms with Crippen LogP contribution in [0.25, 0.3) is 0 Å². The summed E-state index contributed by atoms with van der Waals surface area (Å²) in [4.78, 5) is 42.7. The molecule has 3 heterocycles. The van der Waals surface area contributed by atoms with E-state index in [9.17, 15) is 14.4 Å². The van der Waals surface area contributed by atoms with Crippen molar-refractivity contribution in [3.8, 4) is 5.75 Å². The van der Waals surface area contributed by atoms with E-state index in [0.717, 1.165) is 0 Å². The van der Waals surface area contributed by atoms with Crippen LogP contribution in [0.2, 0.25) is 0 Å². The van der Waals surface area contributed by atoms with Crippen molar-refractivity contribution in [1.29, 1.82) is 0 Å². The topological polar surface area (TPSA) is 98.8 Å². The minimum atomic E-state index is -0.649. The van der Waals surface area contributed by atoms with Crippen molar-refractivity contribution in [3.05, 3.63) is 76.5 Å². The largest absolute Gasteiger partial charge is 0.485 e. The summed E-state index contributed by atoms with van der Waals surface area (Å²) in [5.74, 6) is -0.525. The van der Waals surface area contributed by atoms with Gasteiger partial charge in [0.2, 0.25) is 0 Å². The van der Waals surface area contributed by atoms with Gasteiger partial charge in [-0.2, -0.15) is 5.10 Å². The number of rotatable bonds is 3. The van der Waals surface area contributed by atoms with Crippen molar-refractivity contribution in [2.75, 3.05) is 18.6 Å². The first-order chi connectivity index (χ1) is 14.4. The van der Waals surface area contributed by atoms with Gasteiger partial charge in [-0.1, -0.05) is 18.2 Å². The molecule has 0 radical (unpaired) electrons. The Hall–Kier alpha value is -4.01. The second kappa shape index (κ2) is 7.78. The van der Waals surface area contributed by atoms with Crippen LogP contribution in [0, 0.1) is 6.92 Å². The van der Waals surface area contributed by atoms with E-state index >= 15 is 0 Å². The van der Waals surface area contributed by atoms with Gasteiger partial charge in [-0.15, -0.1) is 0 Å². The highest BCUT2D eigenvalue weighted by molar-refractivity contribution is 6.46.